The Morgan fingerprint density at radius 3 is 2.23 bits per heavy atom. The average Bonchev–Trinajstić information content (AvgIpc) is 1.78. The van der Waals surface area contributed by atoms with E-state index >= 15 is 0 Å². The van der Waals surface area contributed by atoms with Crippen molar-refractivity contribution in [2.24, 2.45) is 0 Å². The van der Waals surface area contributed by atoms with E-state index in [0.717, 1.165) is 4.47 Å². The Labute approximate surface area is 93.2 Å². The van der Waals surface area contributed by atoms with Crippen molar-refractivity contribution in [3.05, 3.63) is 26.6 Å². The summed E-state index contributed by atoms with van der Waals surface area (Å²) >= 11 is 6.27. The number of halogens is 2. The molecule has 0 fully saturated rings. The Kier molecular flexibility index (Phi) is 3.16. The molecule has 0 unspecified atom stereocenters. The van der Waals surface area contributed by atoms with Gasteiger partial charge in [-0.05, 0) is 40.5 Å². The van der Waals surface area contributed by atoms with Crippen LogP contribution in [0.4, 0.5) is 0 Å². The van der Waals surface area contributed by atoms with Gasteiger partial charge in [-0.2, -0.15) is 8.42 Å². The molecule has 1 N–H and O–H groups in total. The lowest BCUT2D eigenvalue weighted by molar-refractivity contribution is 0.482. The van der Waals surface area contributed by atoms with Crippen LogP contribution in [0.2, 0.25) is 0 Å². The maximum atomic E-state index is 10.9. The molecule has 0 radical (unpaired) electrons. The van der Waals surface area contributed by atoms with Crippen LogP contribution in [0.5, 0.6) is 0 Å². The highest BCUT2D eigenvalue weighted by Crippen LogP contribution is 2.28. The van der Waals surface area contributed by atoms with E-state index in [-0.39, 0.29) is 4.90 Å². The van der Waals surface area contributed by atoms with Crippen LogP contribution in [0.1, 0.15) is 5.56 Å². The SMILES string of the molecule is Cc1cc(Br)cc(Br)c1S(=O)(=O)O. The molecule has 0 aliphatic carbocycles. The lowest BCUT2D eigenvalue weighted by Crippen LogP contribution is -2.02. The van der Waals surface area contributed by atoms with Gasteiger partial charge in [0.05, 0.1) is 0 Å². The van der Waals surface area contributed by atoms with Gasteiger partial charge in [-0.15, -0.1) is 0 Å². The molecule has 3 nitrogen and oxygen atoms in total. The molecule has 1 aromatic rings. The number of aryl methyl sites for hydroxylation is 1. The summed E-state index contributed by atoms with van der Waals surface area (Å²) in [4.78, 5) is -0.0873. The third-order valence-electron chi connectivity index (χ3n) is 1.45. The molecular formula is C7H6Br2O3S. The summed E-state index contributed by atoms with van der Waals surface area (Å²) in [5.41, 5.74) is 0.490. The smallest absolute Gasteiger partial charge is 0.282 e. The molecule has 0 amide bonds. The minimum atomic E-state index is -4.15. The molecule has 0 aliphatic rings. The van der Waals surface area contributed by atoms with Gasteiger partial charge in [-0.3, -0.25) is 4.55 Å². The molecule has 6 heteroatoms. The van der Waals surface area contributed by atoms with E-state index in [1.54, 1.807) is 19.1 Å². The summed E-state index contributed by atoms with van der Waals surface area (Å²) in [6.45, 7) is 1.61. The summed E-state index contributed by atoms with van der Waals surface area (Å²) in [7, 11) is -4.15. The Balaban J connectivity index is 3.57. The monoisotopic (exact) mass is 328 g/mol. The van der Waals surface area contributed by atoms with E-state index in [9.17, 15) is 8.42 Å². The normalized spacial score (nSPS) is 11.7. The highest BCUT2D eigenvalue weighted by atomic mass is 79.9. The Hall–Kier alpha value is 0.0900. The van der Waals surface area contributed by atoms with Crippen molar-refractivity contribution in [1.29, 1.82) is 0 Å². The van der Waals surface area contributed by atoms with Gasteiger partial charge in [0.1, 0.15) is 4.90 Å². The van der Waals surface area contributed by atoms with E-state index in [0.29, 0.717) is 10.0 Å². The summed E-state index contributed by atoms with van der Waals surface area (Å²) in [6, 6.07) is 3.18. The summed E-state index contributed by atoms with van der Waals surface area (Å²) in [5, 5.41) is 0. The van der Waals surface area contributed by atoms with E-state index in [4.69, 9.17) is 4.55 Å². The van der Waals surface area contributed by atoms with Crippen molar-refractivity contribution >= 4 is 42.0 Å². The largest absolute Gasteiger partial charge is 0.295 e. The zero-order valence-corrected chi connectivity index (χ0v) is 10.6. The fourth-order valence-corrected chi connectivity index (χ4v) is 3.84. The molecule has 0 heterocycles. The van der Waals surface area contributed by atoms with Crippen molar-refractivity contribution in [1.82, 2.24) is 0 Å². The van der Waals surface area contributed by atoms with Crippen molar-refractivity contribution < 1.29 is 13.0 Å². The van der Waals surface area contributed by atoms with Gasteiger partial charge in [0.2, 0.25) is 0 Å². The van der Waals surface area contributed by atoms with Crippen molar-refractivity contribution in [2.45, 2.75) is 11.8 Å². The lowest BCUT2D eigenvalue weighted by Gasteiger charge is -2.05. The molecule has 0 atom stereocenters. The molecule has 0 aliphatic heterocycles. The topological polar surface area (TPSA) is 54.4 Å². The van der Waals surface area contributed by atoms with Gasteiger partial charge >= 0.3 is 0 Å². The lowest BCUT2D eigenvalue weighted by atomic mass is 10.2. The Morgan fingerprint density at radius 2 is 1.85 bits per heavy atom. The van der Waals surface area contributed by atoms with Crippen LogP contribution in [-0.4, -0.2) is 13.0 Å². The molecule has 72 valence electrons. The van der Waals surface area contributed by atoms with Crippen LogP contribution >= 0.6 is 31.9 Å². The fraction of sp³-hybridized carbons (Fsp3) is 0.143. The van der Waals surface area contributed by atoms with Crippen LogP contribution in [0.25, 0.3) is 0 Å². The van der Waals surface area contributed by atoms with Gasteiger partial charge < -0.3 is 0 Å². The standard InChI is InChI=1S/C7H6Br2O3S/c1-4-2-5(8)3-6(9)7(4)13(10,11)12/h2-3H,1H3,(H,10,11,12). The van der Waals surface area contributed by atoms with Crippen molar-refractivity contribution in [3.63, 3.8) is 0 Å². The van der Waals surface area contributed by atoms with E-state index in [2.05, 4.69) is 31.9 Å². The number of hydrogen-bond acceptors (Lipinski definition) is 2. The van der Waals surface area contributed by atoms with Gasteiger partial charge in [0.25, 0.3) is 10.1 Å². The van der Waals surface area contributed by atoms with Crippen molar-refractivity contribution in [2.75, 3.05) is 0 Å². The number of benzene rings is 1. The Morgan fingerprint density at radius 1 is 1.31 bits per heavy atom. The van der Waals surface area contributed by atoms with E-state index in [1.807, 2.05) is 0 Å². The summed E-state index contributed by atoms with van der Waals surface area (Å²) in [5.74, 6) is 0. The van der Waals surface area contributed by atoms with Crippen LogP contribution in [0.3, 0.4) is 0 Å². The van der Waals surface area contributed by atoms with Gasteiger partial charge in [0.15, 0.2) is 0 Å². The summed E-state index contributed by atoms with van der Waals surface area (Å²) < 4.78 is 31.8. The minimum Gasteiger partial charge on any atom is -0.282 e. The highest BCUT2D eigenvalue weighted by Gasteiger charge is 2.17. The second-order valence-electron chi connectivity index (χ2n) is 2.51. The molecule has 0 bridgehead atoms. The molecule has 0 aromatic heterocycles. The van der Waals surface area contributed by atoms with Crippen molar-refractivity contribution in [3.8, 4) is 0 Å². The minimum absolute atomic E-state index is 0.0873. The van der Waals surface area contributed by atoms with E-state index < -0.39 is 10.1 Å². The molecule has 1 aromatic carbocycles. The molecule has 1 rings (SSSR count). The zero-order chi connectivity index (χ0) is 10.2. The molecule has 13 heavy (non-hydrogen) atoms. The number of hydrogen-bond donors (Lipinski definition) is 1. The van der Waals surface area contributed by atoms with Crippen LogP contribution < -0.4 is 0 Å². The third kappa shape index (κ3) is 2.52. The predicted octanol–water partition coefficient (Wildman–Crippen LogP) is 2.77. The molecule has 0 spiro atoms. The molecule has 0 saturated heterocycles. The maximum absolute atomic E-state index is 10.9. The van der Waals surface area contributed by atoms with E-state index in [1.165, 1.54) is 0 Å². The quantitative estimate of drug-likeness (QED) is 0.806. The van der Waals surface area contributed by atoms with Crippen LogP contribution in [-0.2, 0) is 10.1 Å². The maximum Gasteiger partial charge on any atom is 0.295 e. The van der Waals surface area contributed by atoms with Gasteiger partial charge in [-0.25, -0.2) is 0 Å². The first-order valence-electron chi connectivity index (χ1n) is 3.25. The number of rotatable bonds is 1. The average molecular weight is 330 g/mol. The zero-order valence-electron chi connectivity index (χ0n) is 6.58. The Bertz CT molecular complexity index is 416. The third-order valence-corrected chi connectivity index (χ3v) is 3.86. The first-order chi connectivity index (χ1) is 5.82. The molecule has 0 saturated carbocycles. The van der Waals surface area contributed by atoms with Gasteiger partial charge in [-0.1, -0.05) is 15.9 Å². The first-order valence-corrected chi connectivity index (χ1v) is 6.28. The van der Waals surface area contributed by atoms with Gasteiger partial charge in [0, 0.05) is 8.95 Å². The first kappa shape index (κ1) is 11.2. The summed E-state index contributed by atoms with van der Waals surface area (Å²) in [6.07, 6.45) is 0. The highest BCUT2D eigenvalue weighted by molar-refractivity contribution is 9.11. The fourth-order valence-electron chi connectivity index (χ4n) is 1.02. The second-order valence-corrected chi connectivity index (χ2v) is 5.64. The molecular weight excluding hydrogens is 324 g/mol. The van der Waals surface area contributed by atoms with Crippen LogP contribution in [0, 0.1) is 6.92 Å². The van der Waals surface area contributed by atoms with Crippen LogP contribution in [0.15, 0.2) is 26.0 Å². The predicted molar refractivity (Wildman–Crippen MR) is 56.4 cm³/mol. The second kappa shape index (κ2) is 3.68.